The van der Waals surface area contributed by atoms with Crippen molar-refractivity contribution in [3.05, 3.63) is 65.2 Å². The Bertz CT molecular complexity index is 536. The minimum Gasteiger partial charge on any atom is -0.508 e. The van der Waals surface area contributed by atoms with Crippen LogP contribution in [0, 0.1) is 6.92 Å². The van der Waals surface area contributed by atoms with Gasteiger partial charge in [-0.05, 0) is 38.3 Å². The standard InChI is InChI=1S/C18H23NO/c1-14-8-11-18(20)17(12-14)13-19-15(2)9-10-16-6-4-3-5-7-16/h3-8,11-12,15,19-20H,9-10,13H2,1-2H3. The van der Waals surface area contributed by atoms with Crippen LogP contribution >= 0.6 is 0 Å². The summed E-state index contributed by atoms with van der Waals surface area (Å²) in [5.74, 6) is 0.373. The van der Waals surface area contributed by atoms with Crippen molar-refractivity contribution in [3.63, 3.8) is 0 Å². The molecule has 2 heteroatoms. The first-order chi connectivity index (χ1) is 9.65. The lowest BCUT2D eigenvalue weighted by molar-refractivity contribution is 0.455. The van der Waals surface area contributed by atoms with Gasteiger partial charge >= 0.3 is 0 Å². The van der Waals surface area contributed by atoms with Gasteiger partial charge in [0.25, 0.3) is 0 Å². The largest absolute Gasteiger partial charge is 0.508 e. The molecule has 1 unspecified atom stereocenters. The van der Waals surface area contributed by atoms with E-state index in [4.69, 9.17) is 0 Å². The first-order valence-corrected chi connectivity index (χ1v) is 7.21. The third-order valence-electron chi connectivity index (χ3n) is 3.58. The van der Waals surface area contributed by atoms with E-state index in [1.165, 1.54) is 11.1 Å². The van der Waals surface area contributed by atoms with Crippen LogP contribution in [-0.4, -0.2) is 11.1 Å². The molecule has 0 aliphatic heterocycles. The van der Waals surface area contributed by atoms with Gasteiger partial charge in [-0.1, -0.05) is 48.0 Å². The Morgan fingerprint density at radius 3 is 2.60 bits per heavy atom. The first kappa shape index (κ1) is 14.6. The molecule has 2 aromatic carbocycles. The van der Waals surface area contributed by atoms with Gasteiger partial charge in [0, 0.05) is 18.2 Å². The molecule has 2 nitrogen and oxygen atoms in total. The lowest BCUT2D eigenvalue weighted by Gasteiger charge is -2.15. The van der Waals surface area contributed by atoms with E-state index in [9.17, 15) is 5.11 Å². The van der Waals surface area contributed by atoms with E-state index < -0.39 is 0 Å². The normalized spacial score (nSPS) is 12.3. The third-order valence-corrected chi connectivity index (χ3v) is 3.58. The fourth-order valence-electron chi connectivity index (χ4n) is 2.27. The molecule has 0 saturated heterocycles. The Balaban J connectivity index is 1.80. The Morgan fingerprint density at radius 2 is 1.85 bits per heavy atom. The molecule has 106 valence electrons. The molecule has 20 heavy (non-hydrogen) atoms. The van der Waals surface area contributed by atoms with Gasteiger partial charge in [0.1, 0.15) is 5.75 Å². The molecule has 1 atom stereocenters. The second-order valence-corrected chi connectivity index (χ2v) is 5.44. The lowest BCUT2D eigenvalue weighted by Crippen LogP contribution is -2.26. The van der Waals surface area contributed by atoms with E-state index in [-0.39, 0.29) is 0 Å². The molecule has 0 saturated carbocycles. The highest BCUT2D eigenvalue weighted by Gasteiger charge is 2.05. The highest BCUT2D eigenvalue weighted by atomic mass is 16.3. The van der Waals surface area contributed by atoms with Crippen LogP contribution in [0.15, 0.2) is 48.5 Å². The predicted molar refractivity (Wildman–Crippen MR) is 83.9 cm³/mol. The van der Waals surface area contributed by atoms with Gasteiger partial charge in [-0.25, -0.2) is 0 Å². The van der Waals surface area contributed by atoms with Crippen molar-refractivity contribution in [2.75, 3.05) is 0 Å². The smallest absolute Gasteiger partial charge is 0.120 e. The molecule has 2 aromatic rings. The van der Waals surface area contributed by atoms with Crippen molar-refractivity contribution >= 4 is 0 Å². The number of benzene rings is 2. The fourth-order valence-corrected chi connectivity index (χ4v) is 2.27. The summed E-state index contributed by atoms with van der Waals surface area (Å²) in [7, 11) is 0. The highest BCUT2D eigenvalue weighted by molar-refractivity contribution is 5.35. The lowest BCUT2D eigenvalue weighted by atomic mass is 10.1. The summed E-state index contributed by atoms with van der Waals surface area (Å²) in [5.41, 5.74) is 3.52. The van der Waals surface area contributed by atoms with Crippen molar-refractivity contribution in [2.45, 2.75) is 39.3 Å². The average molecular weight is 269 g/mol. The molecule has 0 aromatic heterocycles. The monoisotopic (exact) mass is 269 g/mol. The minimum atomic E-state index is 0.373. The zero-order chi connectivity index (χ0) is 14.4. The minimum absolute atomic E-state index is 0.373. The number of phenolic OH excluding ortho intramolecular Hbond substituents is 1. The molecule has 0 radical (unpaired) electrons. The van der Waals surface area contributed by atoms with Crippen LogP contribution in [0.1, 0.15) is 30.0 Å². The molecule has 0 spiro atoms. The summed E-state index contributed by atoms with van der Waals surface area (Å²) in [6.07, 6.45) is 2.17. The predicted octanol–water partition coefficient (Wildman–Crippen LogP) is 3.81. The average Bonchev–Trinajstić information content (AvgIpc) is 2.47. The van der Waals surface area contributed by atoms with Crippen molar-refractivity contribution in [1.29, 1.82) is 0 Å². The molecule has 0 aliphatic rings. The van der Waals surface area contributed by atoms with Crippen molar-refractivity contribution in [1.82, 2.24) is 5.32 Å². The maximum Gasteiger partial charge on any atom is 0.120 e. The molecule has 2 N–H and O–H groups in total. The Kier molecular flexibility index (Phi) is 5.19. The SMILES string of the molecule is Cc1ccc(O)c(CNC(C)CCc2ccccc2)c1. The van der Waals surface area contributed by atoms with Gasteiger partial charge in [-0.15, -0.1) is 0 Å². The van der Waals surface area contributed by atoms with Crippen LogP contribution in [-0.2, 0) is 13.0 Å². The summed E-state index contributed by atoms with van der Waals surface area (Å²) in [4.78, 5) is 0. The summed E-state index contributed by atoms with van der Waals surface area (Å²) < 4.78 is 0. The molecule has 0 amide bonds. The number of aryl methyl sites for hydroxylation is 2. The van der Waals surface area contributed by atoms with Gasteiger partial charge in [-0.2, -0.15) is 0 Å². The number of nitrogens with one attached hydrogen (secondary N) is 1. The van der Waals surface area contributed by atoms with Crippen molar-refractivity contribution in [2.24, 2.45) is 0 Å². The van der Waals surface area contributed by atoms with Crippen LogP contribution in [0.25, 0.3) is 0 Å². The van der Waals surface area contributed by atoms with Crippen molar-refractivity contribution in [3.8, 4) is 5.75 Å². The van der Waals surface area contributed by atoms with Crippen LogP contribution in [0.5, 0.6) is 5.75 Å². The molecular weight excluding hydrogens is 246 g/mol. The zero-order valence-corrected chi connectivity index (χ0v) is 12.3. The number of hydrogen-bond acceptors (Lipinski definition) is 2. The summed E-state index contributed by atoms with van der Waals surface area (Å²) in [5, 5.41) is 13.3. The number of phenols is 1. The van der Waals surface area contributed by atoms with E-state index in [0.29, 0.717) is 18.3 Å². The van der Waals surface area contributed by atoms with E-state index >= 15 is 0 Å². The van der Waals surface area contributed by atoms with Gasteiger partial charge in [0.05, 0.1) is 0 Å². The number of rotatable bonds is 6. The van der Waals surface area contributed by atoms with E-state index in [0.717, 1.165) is 18.4 Å². The second kappa shape index (κ2) is 7.11. The second-order valence-electron chi connectivity index (χ2n) is 5.44. The third kappa shape index (κ3) is 4.39. The Labute approximate surface area is 121 Å². The maximum absolute atomic E-state index is 9.82. The zero-order valence-electron chi connectivity index (χ0n) is 12.3. The molecule has 0 bridgehead atoms. The van der Waals surface area contributed by atoms with Gasteiger partial charge in [0.15, 0.2) is 0 Å². The van der Waals surface area contributed by atoms with Crippen molar-refractivity contribution < 1.29 is 5.11 Å². The van der Waals surface area contributed by atoms with Crippen LogP contribution < -0.4 is 5.32 Å². The molecule has 2 rings (SSSR count). The van der Waals surface area contributed by atoms with Gasteiger partial charge < -0.3 is 10.4 Å². The van der Waals surface area contributed by atoms with Crippen LogP contribution in [0.4, 0.5) is 0 Å². The Hall–Kier alpha value is -1.80. The van der Waals surface area contributed by atoms with E-state index in [1.807, 2.05) is 25.1 Å². The summed E-state index contributed by atoms with van der Waals surface area (Å²) >= 11 is 0. The quantitative estimate of drug-likeness (QED) is 0.835. The van der Waals surface area contributed by atoms with E-state index in [1.54, 1.807) is 6.07 Å². The molecular formula is C18H23NO. The van der Waals surface area contributed by atoms with E-state index in [2.05, 4.69) is 36.5 Å². The van der Waals surface area contributed by atoms with Crippen LogP contribution in [0.3, 0.4) is 0 Å². The topological polar surface area (TPSA) is 32.3 Å². The number of aromatic hydroxyl groups is 1. The molecule has 0 fully saturated rings. The molecule has 0 aliphatic carbocycles. The highest BCUT2D eigenvalue weighted by Crippen LogP contribution is 2.18. The van der Waals surface area contributed by atoms with Gasteiger partial charge in [0.2, 0.25) is 0 Å². The summed E-state index contributed by atoms with van der Waals surface area (Å²) in [6, 6.07) is 16.7. The van der Waals surface area contributed by atoms with Gasteiger partial charge in [-0.3, -0.25) is 0 Å². The van der Waals surface area contributed by atoms with Crippen LogP contribution in [0.2, 0.25) is 0 Å². The Morgan fingerprint density at radius 1 is 1.10 bits per heavy atom. The number of hydrogen-bond donors (Lipinski definition) is 2. The molecule has 0 heterocycles. The maximum atomic E-state index is 9.82. The fraction of sp³-hybridized carbons (Fsp3) is 0.333. The first-order valence-electron chi connectivity index (χ1n) is 7.21. The summed E-state index contributed by atoms with van der Waals surface area (Å²) in [6.45, 7) is 4.95.